The molecular weight excluding hydrogens is 342 g/mol. The van der Waals surface area contributed by atoms with E-state index in [0.29, 0.717) is 37.2 Å². The minimum atomic E-state index is -0.881. The van der Waals surface area contributed by atoms with Gasteiger partial charge in [0.25, 0.3) is 0 Å². The average molecular weight is 376 g/mol. The highest BCUT2D eigenvalue weighted by molar-refractivity contribution is 5.70. The molecule has 5 nitrogen and oxygen atoms in total. The van der Waals surface area contributed by atoms with Crippen LogP contribution in [0.2, 0.25) is 0 Å². The molecule has 3 heterocycles. The van der Waals surface area contributed by atoms with Gasteiger partial charge < -0.3 is 14.9 Å². The zero-order valence-electron chi connectivity index (χ0n) is 16.4. The number of carbonyl (C=O) groups excluding carboxylic acids is 1. The van der Waals surface area contributed by atoms with E-state index in [1.165, 1.54) is 0 Å². The number of hydrogen-bond donors (Lipinski definition) is 2. The first kappa shape index (κ1) is 17.2. The van der Waals surface area contributed by atoms with Gasteiger partial charge in [0, 0.05) is 36.3 Å². The number of nitrogens with zero attached hydrogens (tertiary/aromatic N) is 1. The van der Waals surface area contributed by atoms with Crippen molar-refractivity contribution in [3.63, 3.8) is 0 Å². The van der Waals surface area contributed by atoms with Gasteiger partial charge in [-0.15, -0.1) is 0 Å². The van der Waals surface area contributed by atoms with Crippen LogP contribution in [-0.4, -0.2) is 52.6 Å². The van der Waals surface area contributed by atoms with Crippen molar-refractivity contribution < 1.29 is 19.7 Å². The summed E-state index contributed by atoms with van der Waals surface area (Å²) >= 11 is 0. The molecule has 6 rings (SSSR count). The quantitative estimate of drug-likeness (QED) is 0.635. The molecule has 0 aromatic heterocycles. The molecule has 3 aliphatic heterocycles. The van der Waals surface area contributed by atoms with Gasteiger partial charge in [-0.1, -0.05) is 6.92 Å². The monoisotopic (exact) mass is 375 g/mol. The lowest BCUT2D eigenvalue weighted by atomic mass is 9.39. The van der Waals surface area contributed by atoms with Crippen LogP contribution in [0.25, 0.3) is 0 Å². The number of piperidine rings is 1. The van der Waals surface area contributed by atoms with Crippen molar-refractivity contribution in [3.8, 4) is 0 Å². The van der Waals surface area contributed by atoms with Gasteiger partial charge in [0.1, 0.15) is 5.72 Å². The number of aliphatic hydroxyl groups is 2. The summed E-state index contributed by atoms with van der Waals surface area (Å²) in [6.45, 7) is 4.65. The predicted octanol–water partition coefficient (Wildman–Crippen LogP) is 2.16. The maximum absolute atomic E-state index is 12.6. The Kier molecular flexibility index (Phi) is 3.37. The molecule has 0 spiro atoms. The van der Waals surface area contributed by atoms with Gasteiger partial charge in [0.05, 0.1) is 12.7 Å². The molecule has 150 valence electrons. The Morgan fingerprint density at radius 3 is 2.78 bits per heavy atom. The number of cyclic esters (lactones) is 1. The highest BCUT2D eigenvalue weighted by Crippen LogP contribution is 2.77. The summed E-state index contributed by atoms with van der Waals surface area (Å²) in [4.78, 5) is 14.8. The van der Waals surface area contributed by atoms with E-state index in [2.05, 4.69) is 11.8 Å². The van der Waals surface area contributed by atoms with Gasteiger partial charge in [-0.25, -0.2) is 0 Å². The number of ether oxygens (including phenoxy) is 1. The second-order valence-electron chi connectivity index (χ2n) is 10.7. The van der Waals surface area contributed by atoms with Gasteiger partial charge in [-0.3, -0.25) is 9.69 Å². The molecule has 9 atom stereocenters. The molecule has 6 fully saturated rings. The van der Waals surface area contributed by atoms with Crippen molar-refractivity contribution in [2.75, 3.05) is 19.7 Å². The molecule has 0 aromatic rings. The minimum Gasteiger partial charge on any atom is -0.465 e. The molecule has 3 aliphatic carbocycles. The molecule has 3 saturated heterocycles. The zero-order valence-corrected chi connectivity index (χ0v) is 16.4. The van der Waals surface area contributed by atoms with Crippen LogP contribution in [0.15, 0.2) is 0 Å². The normalized spacial score (nSPS) is 59.4. The molecule has 5 heteroatoms. The molecular formula is C22H33NO4. The Hall–Kier alpha value is -0.650. The lowest BCUT2D eigenvalue weighted by Gasteiger charge is -2.71. The van der Waals surface area contributed by atoms with Gasteiger partial charge in [-0.05, 0) is 68.6 Å². The van der Waals surface area contributed by atoms with Crippen molar-refractivity contribution in [1.82, 2.24) is 4.90 Å². The van der Waals surface area contributed by atoms with Gasteiger partial charge in [-0.2, -0.15) is 0 Å². The smallest absolute Gasteiger partial charge is 0.305 e. The third-order valence-electron chi connectivity index (χ3n) is 10.3. The molecule has 0 aromatic carbocycles. The number of fused-ring (bicyclic) bond motifs is 1. The molecule has 0 radical (unpaired) electrons. The first-order chi connectivity index (χ1) is 12.9. The summed E-state index contributed by atoms with van der Waals surface area (Å²) in [5.41, 5.74) is -1.44. The molecule has 0 amide bonds. The first-order valence-corrected chi connectivity index (χ1v) is 11.3. The van der Waals surface area contributed by atoms with Crippen molar-refractivity contribution in [1.29, 1.82) is 0 Å². The number of aliphatic hydroxyl groups excluding tert-OH is 1. The molecule has 1 unspecified atom stereocenters. The fraction of sp³-hybridized carbons (Fsp3) is 0.955. The van der Waals surface area contributed by atoms with E-state index < -0.39 is 11.1 Å². The third-order valence-corrected chi connectivity index (χ3v) is 10.3. The maximum Gasteiger partial charge on any atom is 0.305 e. The van der Waals surface area contributed by atoms with Gasteiger partial charge in [0.15, 0.2) is 0 Å². The van der Waals surface area contributed by atoms with E-state index in [9.17, 15) is 15.0 Å². The fourth-order valence-corrected chi connectivity index (χ4v) is 9.54. The Labute approximate surface area is 161 Å². The van der Waals surface area contributed by atoms with E-state index in [0.717, 1.165) is 51.6 Å². The molecule has 2 N–H and O–H groups in total. The van der Waals surface area contributed by atoms with E-state index in [1.807, 2.05) is 0 Å². The number of carbonyl (C=O) groups is 1. The van der Waals surface area contributed by atoms with E-state index >= 15 is 0 Å². The average Bonchev–Trinajstić information content (AvgIpc) is 3.05. The second kappa shape index (κ2) is 5.28. The Morgan fingerprint density at radius 2 is 1.93 bits per heavy atom. The highest BCUT2D eigenvalue weighted by Gasteiger charge is 2.81. The number of esters is 1. The summed E-state index contributed by atoms with van der Waals surface area (Å²) in [6.07, 6.45) is 7.04. The second-order valence-corrected chi connectivity index (χ2v) is 10.7. The molecule has 6 aliphatic rings. The van der Waals surface area contributed by atoms with Crippen LogP contribution in [0.1, 0.15) is 58.3 Å². The maximum atomic E-state index is 12.6. The molecule has 3 saturated carbocycles. The third kappa shape index (κ3) is 1.73. The number of hydrogen-bond acceptors (Lipinski definition) is 5. The summed E-state index contributed by atoms with van der Waals surface area (Å²) in [6, 6.07) is 0. The van der Waals surface area contributed by atoms with E-state index in [-0.39, 0.29) is 29.3 Å². The largest absolute Gasteiger partial charge is 0.465 e. The summed E-state index contributed by atoms with van der Waals surface area (Å²) in [7, 11) is 0. The van der Waals surface area contributed by atoms with Crippen molar-refractivity contribution in [3.05, 3.63) is 0 Å². The van der Waals surface area contributed by atoms with Crippen LogP contribution in [0.3, 0.4) is 0 Å². The van der Waals surface area contributed by atoms with E-state index in [4.69, 9.17) is 4.74 Å². The van der Waals surface area contributed by atoms with Crippen LogP contribution in [-0.2, 0) is 9.53 Å². The molecule has 4 bridgehead atoms. The lowest BCUT2D eigenvalue weighted by Crippen LogP contribution is -2.78. The highest BCUT2D eigenvalue weighted by atomic mass is 16.5. The van der Waals surface area contributed by atoms with Crippen molar-refractivity contribution in [2.24, 2.45) is 40.4 Å². The van der Waals surface area contributed by atoms with Crippen LogP contribution in [0.5, 0.6) is 0 Å². The minimum absolute atomic E-state index is 0.105. The topological polar surface area (TPSA) is 70.0 Å². The number of rotatable bonds is 0. The van der Waals surface area contributed by atoms with E-state index in [1.54, 1.807) is 0 Å². The Morgan fingerprint density at radius 1 is 1.11 bits per heavy atom. The van der Waals surface area contributed by atoms with Gasteiger partial charge in [0.2, 0.25) is 0 Å². The van der Waals surface area contributed by atoms with Crippen LogP contribution in [0.4, 0.5) is 0 Å². The van der Waals surface area contributed by atoms with Crippen molar-refractivity contribution in [2.45, 2.75) is 70.1 Å². The molecule has 27 heavy (non-hydrogen) atoms. The predicted molar refractivity (Wildman–Crippen MR) is 98.4 cm³/mol. The summed E-state index contributed by atoms with van der Waals surface area (Å²) in [5.74, 6) is 1.68. The van der Waals surface area contributed by atoms with Gasteiger partial charge >= 0.3 is 5.97 Å². The van der Waals surface area contributed by atoms with Crippen LogP contribution < -0.4 is 0 Å². The SMILES string of the molecule is C[C@@H]1CN2C[C@H]3CC[C@H]4CC[C@@H](O)C4[C@]45CCC(=O)OC[C@]34CC[C@H]1[C@@]25O. The summed E-state index contributed by atoms with van der Waals surface area (Å²) in [5, 5.41) is 23.8. The van der Waals surface area contributed by atoms with Crippen LogP contribution >= 0.6 is 0 Å². The summed E-state index contributed by atoms with van der Waals surface area (Å²) < 4.78 is 5.83. The standard InChI is InChI=1S/C22H33NO4/c1-13-10-23-11-15-4-2-14-3-5-17(24)19(14)21-9-7-18(25)27-12-20(15,21)8-6-16(13)22(21,23)26/h13-17,19,24,26H,2-12H2,1H3/t13-,14+,15-,16-,17-,19?,20-,21-,22+/m1/s1. The van der Waals surface area contributed by atoms with Crippen LogP contribution in [0, 0.1) is 40.4 Å². The Balaban J connectivity index is 1.65. The fourth-order valence-electron chi connectivity index (χ4n) is 9.54. The van der Waals surface area contributed by atoms with Crippen molar-refractivity contribution >= 4 is 5.97 Å². The zero-order chi connectivity index (χ0) is 18.6. The lowest BCUT2D eigenvalue weighted by molar-refractivity contribution is -0.342. The Bertz CT molecular complexity index is 683. The first-order valence-electron chi connectivity index (χ1n) is 11.3.